The van der Waals surface area contributed by atoms with Crippen molar-refractivity contribution in [2.75, 3.05) is 10.6 Å². The molecule has 0 aliphatic rings. The van der Waals surface area contributed by atoms with Gasteiger partial charge in [-0.3, -0.25) is 14.9 Å². The summed E-state index contributed by atoms with van der Waals surface area (Å²) in [5, 5.41) is 15.0. The number of carbonyl (C=O) groups excluding carboxylic acids is 2. The molecule has 0 saturated carbocycles. The average Bonchev–Trinajstić information content (AvgIpc) is 3.10. The highest BCUT2D eigenvalue weighted by Gasteiger charge is 2.23. The maximum Gasteiger partial charge on any atom is 0.387 e. The first-order valence-corrected chi connectivity index (χ1v) is 9.38. The van der Waals surface area contributed by atoms with Crippen molar-refractivity contribution in [2.45, 2.75) is 6.61 Å². The van der Waals surface area contributed by atoms with Gasteiger partial charge in [-0.2, -0.15) is 8.78 Å². The van der Waals surface area contributed by atoms with Gasteiger partial charge in [-0.1, -0.05) is 46.0 Å². The van der Waals surface area contributed by atoms with Crippen LogP contribution in [0.5, 0.6) is 5.75 Å². The Hall–Kier alpha value is -3.02. The third-order valence-electron chi connectivity index (χ3n) is 3.84. The number of amides is 2. The third kappa shape index (κ3) is 5.01. The highest BCUT2D eigenvalue weighted by atomic mass is 35.5. The molecule has 3 rings (SSSR count). The summed E-state index contributed by atoms with van der Waals surface area (Å²) >= 11 is 18.2. The fourth-order valence-electron chi connectivity index (χ4n) is 2.41. The molecule has 162 valence electrons. The van der Waals surface area contributed by atoms with E-state index in [-0.39, 0.29) is 37.8 Å². The number of halogens is 5. The minimum absolute atomic E-state index is 0.00488. The minimum atomic E-state index is -3.22. The molecule has 0 saturated heterocycles. The van der Waals surface area contributed by atoms with Crippen LogP contribution >= 0.6 is 34.8 Å². The van der Waals surface area contributed by atoms with Gasteiger partial charge >= 0.3 is 6.61 Å². The largest absolute Gasteiger partial charge is 0.433 e. The smallest absolute Gasteiger partial charge is 0.387 e. The molecule has 0 fully saturated rings. The molecule has 0 bridgehead atoms. The highest BCUT2D eigenvalue weighted by molar-refractivity contribution is 6.44. The van der Waals surface area contributed by atoms with Crippen molar-refractivity contribution < 1.29 is 23.1 Å². The number of hydrogen-bond donors (Lipinski definition) is 2. The Morgan fingerprint density at radius 1 is 1.03 bits per heavy atom. The molecular weight excluding hydrogens is 481 g/mol. The van der Waals surface area contributed by atoms with Gasteiger partial charge < -0.3 is 10.1 Å². The second kappa shape index (κ2) is 9.41. The van der Waals surface area contributed by atoms with Gasteiger partial charge in [0.25, 0.3) is 11.8 Å². The van der Waals surface area contributed by atoms with Gasteiger partial charge in [-0.05, 0) is 34.7 Å². The van der Waals surface area contributed by atoms with E-state index in [0.29, 0.717) is 0 Å². The normalized spacial score (nSPS) is 10.8. The van der Waals surface area contributed by atoms with Crippen LogP contribution in [0.3, 0.4) is 0 Å². The van der Waals surface area contributed by atoms with Crippen molar-refractivity contribution >= 4 is 58.3 Å². The summed E-state index contributed by atoms with van der Waals surface area (Å²) in [7, 11) is 1.48. The van der Waals surface area contributed by atoms with Gasteiger partial charge in [0, 0.05) is 7.05 Å². The molecule has 0 radical (unpaired) electrons. The van der Waals surface area contributed by atoms with Gasteiger partial charge in [0.15, 0.2) is 5.75 Å². The summed E-state index contributed by atoms with van der Waals surface area (Å²) < 4.78 is 31.3. The van der Waals surface area contributed by atoms with Crippen LogP contribution in [0.25, 0.3) is 0 Å². The van der Waals surface area contributed by atoms with Crippen molar-refractivity contribution in [3.63, 3.8) is 0 Å². The number of aromatic nitrogens is 4. The number of anilines is 2. The second-order valence-electron chi connectivity index (χ2n) is 5.81. The average molecular weight is 492 g/mol. The van der Waals surface area contributed by atoms with Gasteiger partial charge in [0.1, 0.15) is 5.69 Å². The van der Waals surface area contributed by atoms with Crippen molar-refractivity contribution in [1.29, 1.82) is 0 Å². The SMILES string of the molecule is Cn1nnnc1NC(=O)c1ccc(OC(F)F)c(NC(=O)c2cccc(Cl)c2Cl)c1Cl. The molecule has 0 aliphatic heterocycles. The van der Waals surface area contributed by atoms with E-state index in [1.807, 2.05) is 0 Å². The molecule has 1 heterocycles. The summed E-state index contributed by atoms with van der Waals surface area (Å²) in [6.45, 7) is -3.22. The molecule has 31 heavy (non-hydrogen) atoms. The van der Waals surface area contributed by atoms with E-state index in [1.165, 1.54) is 29.9 Å². The van der Waals surface area contributed by atoms with Crippen LogP contribution in [-0.2, 0) is 7.05 Å². The number of benzene rings is 2. The van der Waals surface area contributed by atoms with E-state index in [4.69, 9.17) is 34.8 Å². The third-order valence-corrected chi connectivity index (χ3v) is 5.06. The van der Waals surface area contributed by atoms with E-state index >= 15 is 0 Å². The lowest BCUT2D eigenvalue weighted by atomic mass is 10.1. The Bertz CT molecular complexity index is 1160. The molecule has 14 heteroatoms. The lowest BCUT2D eigenvalue weighted by Crippen LogP contribution is -2.19. The Morgan fingerprint density at radius 2 is 1.71 bits per heavy atom. The zero-order valence-electron chi connectivity index (χ0n) is 15.4. The van der Waals surface area contributed by atoms with Gasteiger partial charge in [0.2, 0.25) is 5.95 Å². The van der Waals surface area contributed by atoms with E-state index < -0.39 is 24.2 Å². The molecule has 2 amide bonds. The summed E-state index contributed by atoms with van der Waals surface area (Å²) in [4.78, 5) is 25.3. The van der Waals surface area contributed by atoms with Gasteiger partial charge in [0.05, 0.1) is 26.2 Å². The van der Waals surface area contributed by atoms with Crippen LogP contribution in [0.15, 0.2) is 30.3 Å². The standard InChI is InChI=1S/C17H11Cl3F2N6O3/c1-28-17(25-26-27-28)24-15(30)8-5-6-10(31-16(21)22)13(12(8)20)23-14(29)7-3-2-4-9(18)11(7)19/h2-6,16H,1H3,(H,23,29)(H,24,25,27,30). The quantitative estimate of drug-likeness (QED) is 0.533. The molecule has 2 N–H and O–H groups in total. The van der Waals surface area contributed by atoms with Gasteiger partial charge in [-0.25, -0.2) is 4.68 Å². The molecule has 9 nitrogen and oxygen atoms in total. The fraction of sp³-hybridized carbons (Fsp3) is 0.118. The topological polar surface area (TPSA) is 111 Å². The first kappa shape index (κ1) is 22.7. The van der Waals surface area contributed by atoms with Crippen LogP contribution in [0, 0.1) is 0 Å². The van der Waals surface area contributed by atoms with E-state index in [2.05, 4.69) is 30.9 Å². The highest BCUT2D eigenvalue weighted by Crippen LogP contribution is 2.37. The van der Waals surface area contributed by atoms with Crippen molar-refractivity contribution in [1.82, 2.24) is 20.2 Å². The predicted octanol–water partition coefficient (Wildman–Crippen LogP) is 4.28. The fourth-order valence-corrected chi connectivity index (χ4v) is 3.08. The Kier molecular flexibility index (Phi) is 6.88. The molecule has 0 spiro atoms. The first-order chi connectivity index (χ1) is 14.7. The van der Waals surface area contributed by atoms with Gasteiger partial charge in [-0.15, -0.1) is 0 Å². The number of nitrogens with one attached hydrogen (secondary N) is 2. The molecule has 3 aromatic rings. The van der Waals surface area contributed by atoms with Crippen LogP contribution in [0.1, 0.15) is 20.7 Å². The number of hydrogen-bond acceptors (Lipinski definition) is 6. The van der Waals surface area contributed by atoms with E-state index in [9.17, 15) is 18.4 Å². The number of alkyl halides is 2. The zero-order chi connectivity index (χ0) is 22.7. The van der Waals surface area contributed by atoms with Crippen molar-refractivity contribution in [3.8, 4) is 5.75 Å². The second-order valence-corrected chi connectivity index (χ2v) is 6.98. The molecule has 2 aromatic carbocycles. The summed E-state index contributed by atoms with van der Waals surface area (Å²) in [6, 6.07) is 6.49. The van der Waals surface area contributed by atoms with E-state index in [1.54, 1.807) is 0 Å². The molecule has 0 atom stereocenters. The van der Waals surface area contributed by atoms with E-state index in [0.717, 1.165) is 12.1 Å². The Balaban J connectivity index is 1.99. The molecule has 0 aliphatic carbocycles. The first-order valence-electron chi connectivity index (χ1n) is 8.25. The number of carbonyl (C=O) groups is 2. The van der Waals surface area contributed by atoms with Crippen LogP contribution < -0.4 is 15.4 Å². The number of tetrazole rings is 1. The van der Waals surface area contributed by atoms with Crippen LogP contribution in [0.4, 0.5) is 20.4 Å². The molecular formula is C17H11Cl3F2N6O3. The summed E-state index contributed by atoms with van der Waals surface area (Å²) in [6.07, 6.45) is 0. The maximum atomic E-state index is 12.8. The summed E-state index contributed by atoms with van der Waals surface area (Å²) in [5.74, 6) is -2.04. The zero-order valence-corrected chi connectivity index (χ0v) is 17.6. The maximum absolute atomic E-state index is 12.8. The molecule has 1 aromatic heterocycles. The molecule has 0 unspecified atom stereocenters. The lowest BCUT2D eigenvalue weighted by Gasteiger charge is -2.16. The number of rotatable bonds is 6. The Morgan fingerprint density at radius 3 is 2.35 bits per heavy atom. The minimum Gasteiger partial charge on any atom is -0.433 e. The lowest BCUT2D eigenvalue weighted by molar-refractivity contribution is -0.0493. The number of nitrogens with zero attached hydrogens (tertiary/aromatic N) is 4. The summed E-state index contributed by atoms with van der Waals surface area (Å²) in [5.41, 5.74) is -0.584. The van der Waals surface area contributed by atoms with Crippen molar-refractivity contribution in [2.24, 2.45) is 7.05 Å². The number of aryl methyl sites for hydroxylation is 1. The predicted molar refractivity (Wildman–Crippen MR) is 109 cm³/mol. The van der Waals surface area contributed by atoms with Crippen molar-refractivity contribution in [3.05, 3.63) is 56.5 Å². The number of ether oxygens (including phenoxy) is 1. The van der Waals surface area contributed by atoms with Crippen LogP contribution in [0.2, 0.25) is 15.1 Å². The van der Waals surface area contributed by atoms with Crippen LogP contribution in [-0.4, -0.2) is 38.6 Å². The monoisotopic (exact) mass is 490 g/mol. The Labute approximate surface area is 188 Å².